The van der Waals surface area contributed by atoms with Crippen LogP contribution < -0.4 is 5.69 Å². The second-order valence-electron chi connectivity index (χ2n) is 7.61. The first-order valence-electron chi connectivity index (χ1n) is 9.72. The highest BCUT2D eigenvalue weighted by atomic mass is 19.4. The summed E-state index contributed by atoms with van der Waals surface area (Å²) in [6, 6.07) is 8.14. The number of pyridine rings is 1. The molecule has 0 atom stereocenters. The van der Waals surface area contributed by atoms with E-state index in [1.165, 1.54) is 12.1 Å². The predicted molar refractivity (Wildman–Crippen MR) is 105 cm³/mol. The Kier molecular flexibility index (Phi) is 5.13. The van der Waals surface area contributed by atoms with Crippen LogP contribution in [0.15, 0.2) is 47.4 Å². The van der Waals surface area contributed by atoms with E-state index in [2.05, 4.69) is 4.98 Å². The van der Waals surface area contributed by atoms with Gasteiger partial charge < -0.3 is 4.90 Å². The van der Waals surface area contributed by atoms with E-state index in [0.29, 0.717) is 38.1 Å². The lowest BCUT2D eigenvalue weighted by Crippen LogP contribution is -2.40. The normalized spacial score (nSPS) is 15.7. The summed E-state index contributed by atoms with van der Waals surface area (Å²) in [6.07, 6.45) is -1.50. The van der Waals surface area contributed by atoms with E-state index in [4.69, 9.17) is 0 Å². The summed E-state index contributed by atoms with van der Waals surface area (Å²) in [5, 5.41) is 0. The zero-order valence-corrected chi connectivity index (χ0v) is 16.4. The molecule has 2 aromatic heterocycles. The first-order valence-corrected chi connectivity index (χ1v) is 9.72. The molecule has 1 aliphatic heterocycles. The predicted octanol–water partition coefficient (Wildman–Crippen LogP) is 3.31. The highest BCUT2D eigenvalue weighted by Gasteiger charge is 2.32. The standard InChI is InChI=1S/C21H21F3N4O2/c1-26-17-6-3-9-25-18(17)28(20(26)30)13-14-7-10-27(11-8-14)19(29)15-4-2-5-16(12-15)21(22,23)24/h2-6,9,12,14H,7-8,10-11,13H2,1H3. The summed E-state index contributed by atoms with van der Waals surface area (Å²) in [5.41, 5.74) is 0.474. The first-order chi connectivity index (χ1) is 14.3. The minimum absolute atomic E-state index is 0.0396. The van der Waals surface area contributed by atoms with Crippen molar-refractivity contribution >= 4 is 17.1 Å². The molecule has 0 bridgehead atoms. The molecule has 4 rings (SSSR count). The van der Waals surface area contributed by atoms with Gasteiger partial charge in [0.15, 0.2) is 5.65 Å². The second kappa shape index (κ2) is 7.62. The number of nitrogens with zero attached hydrogens (tertiary/aromatic N) is 4. The number of aryl methyl sites for hydroxylation is 1. The van der Waals surface area contributed by atoms with Gasteiger partial charge in [-0.25, -0.2) is 9.78 Å². The van der Waals surface area contributed by atoms with E-state index < -0.39 is 17.6 Å². The summed E-state index contributed by atoms with van der Waals surface area (Å²) in [5.74, 6) is -0.218. The highest BCUT2D eigenvalue weighted by molar-refractivity contribution is 5.94. The number of likely N-dealkylation sites (tertiary alicyclic amines) is 1. The molecule has 6 nitrogen and oxygen atoms in total. The molecule has 158 valence electrons. The highest BCUT2D eigenvalue weighted by Crippen LogP contribution is 2.30. The average Bonchev–Trinajstić information content (AvgIpc) is 2.98. The number of carbonyl (C=O) groups excluding carboxylic acids is 1. The van der Waals surface area contributed by atoms with Crippen molar-refractivity contribution in [2.75, 3.05) is 13.1 Å². The molecule has 0 aliphatic carbocycles. The molecule has 1 aliphatic rings. The van der Waals surface area contributed by atoms with E-state index in [1.807, 2.05) is 6.07 Å². The van der Waals surface area contributed by atoms with Crippen LogP contribution in [-0.2, 0) is 19.8 Å². The van der Waals surface area contributed by atoms with E-state index in [1.54, 1.807) is 33.3 Å². The van der Waals surface area contributed by atoms with Gasteiger partial charge in [0, 0.05) is 38.4 Å². The quantitative estimate of drug-likeness (QED) is 0.656. The maximum atomic E-state index is 12.9. The lowest BCUT2D eigenvalue weighted by atomic mass is 9.96. The number of alkyl halides is 3. The van der Waals surface area contributed by atoms with E-state index >= 15 is 0 Å². The Bertz CT molecular complexity index is 1140. The molecule has 0 saturated carbocycles. The Morgan fingerprint density at radius 2 is 1.90 bits per heavy atom. The van der Waals surface area contributed by atoms with Crippen molar-refractivity contribution in [2.45, 2.75) is 25.6 Å². The topological polar surface area (TPSA) is 60.1 Å². The Hall–Kier alpha value is -3.10. The molecule has 0 N–H and O–H groups in total. The zero-order valence-electron chi connectivity index (χ0n) is 16.4. The number of hydrogen-bond donors (Lipinski definition) is 0. The van der Waals surface area contributed by atoms with Crippen LogP contribution in [0.5, 0.6) is 0 Å². The summed E-state index contributed by atoms with van der Waals surface area (Å²) in [4.78, 5) is 31.1. The molecular weight excluding hydrogens is 397 g/mol. The monoisotopic (exact) mass is 418 g/mol. The molecule has 0 spiro atoms. The van der Waals surface area contributed by atoms with Gasteiger partial charge in [0.25, 0.3) is 5.91 Å². The van der Waals surface area contributed by atoms with E-state index in [9.17, 15) is 22.8 Å². The fourth-order valence-electron chi connectivity index (χ4n) is 3.99. The van der Waals surface area contributed by atoms with Crippen LogP contribution in [0.3, 0.4) is 0 Å². The van der Waals surface area contributed by atoms with Gasteiger partial charge in [0.1, 0.15) is 0 Å². The van der Waals surface area contributed by atoms with E-state index in [-0.39, 0.29) is 17.2 Å². The summed E-state index contributed by atoms with van der Waals surface area (Å²) in [6.45, 7) is 1.37. The fourth-order valence-corrected chi connectivity index (χ4v) is 3.99. The molecule has 3 heterocycles. The van der Waals surface area contributed by atoms with Crippen molar-refractivity contribution in [3.05, 3.63) is 64.2 Å². The molecule has 1 aromatic carbocycles. The Balaban J connectivity index is 1.44. The van der Waals surface area contributed by atoms with Gasteiger partial charge in [-0.2, -0.15) is 13.2 Å². The summed E-state index contributed by atoms with van der Waals surface area (Å²) >= 11 is 0. The minimum atomic E-state index is -4.48. The smallest absolute Gasteiger partial charge is 0.339 e. The molecular formula is C21H21F3N4O2. The number of imidazole rings is 1. The zero-order chi connectivity index (χ0) is 21.5. The number of rotatable bonds is 3. The first kappa shape index (κ1) is 20.2. The lowest BCUT2D eigenvalue weighted by molar-refractivity contribution is -0.137. The third-order valence-corrected chi connectivity index (χ3v) is 5.68. The number of carbonyl (C=O) groups is 1. The SMILES string of the molecule is Cn1c(=O)n(CC2CCN(C(=O)c3cccc(C(F)(F)F)c3)CC2)c2ncccc21. The van der Waals surface area contributed by atoms with Crippen molar-refractivity contribution < 1.29 is 18.0 Å². The summed E-state index contributed by atoms with van der Waals surface area (Å²) in [7, 11) is 1.71. The van der Waals surface area contributed by atoms with Crippen molar-refractivity contribution in [2.24, 2.45) is 13.0 Å². The Morgan fingerprint density at radius 1 is 1.17 bits per heavy atom. The minimum Gasteiger partial charge on any atom is -0.339 e. The largest absolute Gasteiger partial charge is 0.416 e. The molecule has 1 amide bonds. The fraction of sp³-hybridized carbons (Fsp3) is 0.381. The molecule has 9 heteroatoms. The van der Waals surface area contributed by atoms with Gasteiger partial charge in [-0.3, -0.25) is 13.9 Å². The maximum Gasteiger partial charge on any atom is 0.416 e. The third-order valence-electron chi connectivity index (χ3n) is 5.68. The number of hydrogen-bond acceptors (Lipinski definition) is 3. The van der Waals surface area contributed by atoms with Crippen LogP contribution in [0, 0.1) is 5.92 Å². The number of halogens is 3. The number of piperidine rings is 1. The molecule has 0 unspecified atom stereocenters. The van der Waals surface area contributed by atoms with Gasteiger partial charge in [-0.05, 0) is 49.1 Å². The molecule has 0 radical (unpaired) electrons. The van der Waals surface area contributed by atoms with Crippen molar-refractivity contribution in [3.8, 4) is 0 Å². The molecule has 1 fully saturated rings. The second-order valence-corrected chi connectivity index (χ2v) is 7.61. The van der Waals surface area contributed by atoms with Crippen molar-refractivity contribution in [1.82, 2.24) is 19.0 Å². The Labute approximate surface area is 170 Å². The van der Waals surface area contributed by atoms with E-state index in [0.717, 1.165) is 17.6 Å². The van der Waals surface area contributed by atoms with Crippen molar-refractivity contribution in [1.29, 1.82) is 0 Å². The van der Waals surface area contributed by atoms with Gasteiger partial charge in [-0.15, -0.1) is 0 Å². The number of amides is 1. The Morgan fingerprint density at radius 3 is 2.60 bits per heavy atom. The van der Waals surface area contributed by atoms with Crippen LogP contribution in [-0.4, -0.2) is 38.0 Å². The maximum absolute atomic E-state index is 12.9. The number of aromatic nitrogens is 3. The van der Waals surface area contributed by atoms with Crippen LogP contribution in [0.4, 0.5) is 13.2 Å². The molecule has 1 saturated heterocycles. The lowest BCUT2D eigenvalue weighted by Gasteiger charge is -2.32. The molecule has 30 heavy (non-hydrogen) atoms. The van der Waals surface area contributed by atoms with Gasteiger partial charge >= 0.3 is 11.9 Å². The van der Waals surface area contributed by atoms with Crippen molar-refractivity contribution in [3.63, 3.8) is 0 Å². The van der Waals surface area contributed by atoms with Gasteiger partial charge in [0.05, 0.1) is 11.1 Å². The van der Waals surface area contributed by atoms with Gasteiger partial charge in [0.2, 0.25) is 0 Å². The number of benzene rings is 1. The number of fused-ring (bicyclic) bond motifs is 1. The molecule has 3 aromatic rings. The van der Waals surface area contributed by atoms with Crippen LogP contribution in [0.25, 0.3) is 11.2 Å². The van der Waals surface area contributed by atoms with Gasteiger partial charge in [-0.1, -0.05) is 6.07 Å². The average molecular weight is 418 g/mol. The third kappa shape index (κ3) is 3.71. The van der Waals surface area contributed by atoms with Crippen LogP contribution in [0.1, 0.15) is 28.8 Å². The van der Waals surface area contributed by atoms with Crippen LogP contribution in [0.2, 0.25) is 0 Å². The summed E-state index contributed by atoms with van der Waals surface area (Å²) < 4.78 is 42.0. The van der Waals surface area contributed by atoms with Crippen LogP contribution >= 0.6 is 0 Å².